The fourth-order valence-corrected chi connectivity index (χ4v) is 6.60. The molecule has 0 aromatic heterocycles. The second-order valence-electron chi connectivity index (χ2n) is 12.9. The van der Waals surface area contributed by atoms with E-state index in [0.717, 1.165) is 67.9 Å². The van der Waals surface area contributed by atoms with E-state index in [2.05, 4.69) is 42.9 Å². The highest BCUT2D eigenvalue weighted by Crippen LogP contribution is 2.45. The third-order valence-electron chi connectivity index (χ3n) is 8.83. The molecular weight excluding hydrogens is 560 g/mol. The summed E-state index contributed by atoms with van der Waals surface area (Å²) in [6.45, 7) is 12.6. The quantitative estimate of drug-likeness (QED) is 0.265. The molecule has 2 aromatic rings. The van der Waals surface area contributed by atoms with Crippen molar-refractivity contribution in [2.24, 2.45) is 11.3 Å². The maximum Gasteiger partial charge on any atom is 0.237 e. The maximum atomic E-state index is 12.9. The molecule has 7 nitrogen and oxygen atoms in total. The van der Waals surface area contributed by atoms with E-state index in [0.29, 0.717) is 11.7 Å². The molecule has 0 saturated heterocycles. The molecule has 2 fully saturated rings. The van der Waals surface area contributed by atoms with E-state index >= 15 is 0 Å². The average Bonchev–Trinajstić information content (AvgIpc) is 3.34. The predicted octanol–water partition coefficient (Wildman–Crippen LogP) is 7.14. The molecule has 3 atom stereocenters. The first-order valence-corrected chi connectivity index (χ1v) is 17.9. The Morgan fingerprint density at radius 2 is 1.72 bits per heavy atom. The fourth-order valence-electron chi connectivity index (χ4n) is 6.11. The molecule has 2 aromatic carbocycles. The van der Waals surface area contributed by atoms with Crippen LogP contribution in [0.25, 0.3) is 11.1 Å². The summed E-state index contributed by atoms with van der Waals surface area (Å²) >= 11 is 0. The molecule has 0 unspecified atom stereocenters. The molecule has 2 N–H and O–H groups in total. The fraction of sp³-hybridized carbons (Fsp3) is 0.600. The number of carbonyl (C=O) groups excluding carboxylic acids is 2. The number of rotatable bonds is 12. The van der Waals surface area contributed by atoms with Gasteiger partial charge in [-0.05, 0) is 66.2 Å². The Hall–Kier alpha value is -2.87. The summed E-state index contributed by atoms with van der Waals surface area (Å²) in [5, 5.41) is 3.26. The Morgan fingerprint density at radius 1 is 1.02 bits per heavy atom. The van der Waals surface area contributed by atoms with Crippen molar-refractivity contribution in [3.63, 3.8) is 0 Å². The van der Waals surface area contributed by atoms with Gasteiger partial charge in [0, 0.05) is 23.9 Å². The standard InChI is InChI=1S/C33H46N2O5S.C2H6/c1-6-33(3,4)21-22(2)32(37)34-25-17-18-26(20-25)40-29-16-10-13-24(19-30(36)35-41(5,38)39)31(29)28-15-8-7-14-27(28)23-11-9-12-23;1-2/h7-8,10,13-16,22-23,25-26H,6,9,11-12,17-21H2,1-5H3,(H,34,37)(H,35,36);1-2H3/t22-,25+,26+;/m0./s1. The van der Waals surface area contributed by atoms with Crippen molar-refractivity contribution >= 4 is 21.8 Å². The maximum absolute atomic E-state index is 12.9. The number of amides is 2. The predicted molar refractivity (Wildman–Crippen MR) is 175 cm³/mol. The van der Waals surface area contributed by atoms with Gasteiger partial charge in [-0.15, -0.1) is 0 Å². The van der Waals surface area contributed by atoms with Crippen LogP contribution >= 0.6 is 0 Å². The van der Waals surface area contributed by atoms with E-state index in [1.165, 1.54) is 12.0 Å². The smallest absolute Gasteiger partial charge is 0.237 e. The van der Waals surface area contributed by atoms with Crippen LogP contribution in [0.1, 0.15) is 110 Å². The van der Waals surface area contributed by atoms with E-state index in [9.17, 15) is 18.0 Å². The van der Waals surface area contributed by atoms with E-state index < -0.39 is 15.9 Å². The molecule has 2 aliphatic rings. The molecule has 0 radical (unpaired) electrons. The zero-order valence-electron chi connectivity index (χ0n) is 27.2. The van der Waals surface area contributed by atoms with Gasteiger partial charge >= 0.3 is 0 Å². The summed E-state index contributed by atoms with van der Waals surface area (Å²) in [6, 6.07) is 14.0. The first-order valence-electron chi connectivity index (χ1n) is 16.0. The van der Waals surface area contributed by atoms with Gasteiger partial charge in [-0.2, -0.15) is 0 Å². The van der Waals surface area contributed by atoms with Crippen molar-refractivity contribution in [2.75, 3.05) is 6.26 Å². The first kappa shape index (κ1) is 34.6. The number of carbonyl (C=O) groups is 2. The highest BCUT2D eigenvalue weighted by Gasteiger charge is 2.32. The third-order valence-corrected chi connectivity index (χ3v) is 9.42. The van der Waals surface area contributed by atoms with Crippen molar-refractivity contribution in [1.29, 1.82) is 0 Å². The van der Waals surface area contributed by atoms with Gasteiger partial charge in [0.2, 0.25) is 21.8 Å². The molecule has 2 amide bonds. The van der Waals surface area contributed by atoms with Crippen molar-refractivity contribution in [3.05, 3.63) is 53.6 Å². The van der Waals surface area contributed by atoms with E-state index in [1.54, 1.807) is 0 Å². The number of hydrogen-bond donors (Lipinski definition) is 2. The molecule has 2 saturated carbocycles. The minimum absolute atomic E-state index is 0.0470. The highest BCUT2D eigenvalue weighted by atomic mass is 32.2. The Bertz CT molecular complexity index is 1350. The molecule has 4 rings (SSSR count). The van der Waals surface area contributed by atoms with Crippen LogP contribution in [0.3, 0.4) is 0 Å². The molecule has 0 aliphatic heterocycles. The number of hydrogen-bond acceptors (Lipinski definition) is 5. The van der Waals surface area contributed by atoms with E-state index in [4.69, 9.17) is 4.74 Å². The van der Waals surface area contributed by atoms with Gasteiger partial charge in [0.25, 0.3) is 0 Å². The summed E-state index contributed by atoms with van der Waals surface area (Å²) < 4.78 is 32.2. The zero-order valence-corrected chi connectivity index (χ0v) is 28.0. The Kier molecular flexibility index (Phi) is 12.3. The average molecular weight is 613 g/mol. The zero-order chi connectivity index (χ0) is 31.8. The highest BCUT2D eigenvalue weighted by molar-refractivity contribution is 7.89. The summed E-state index contributed by atoms with van der Waals surface area (Å²) in [6.07, 6.45) is 8.57. The Balaban J connectivity index is 0.00000248. The van der Waals surface area contributed by atoms with Gasteiger partial charge in [0.1, 0.15) is 11.9 Å². The van der Waals surface area contributed by atoms with Crippen molar-refractivity contribution in [3.8, 4) is 16.9 Å². The lowest BCUT2D eigenvalue weighted by Crippen LogP contribution is -2.38. The second-order valence-corrected chi connectivity index (χ2v) is 14.6. The van der Waals surface area contributed by atoms with Crippen LogP contribution in [-0.2, 0) is 26.0 Å². The number of nitrogens with one attached hydrogen (secondary N) is 2. The van der Waals surface area contributed by atoms with Crippen molar-refractivity contribution < 1.29 is 22.7 Å². The summed E-state index contributed by atoms with van der Waals surface area (Å²) in [5.74, 6) is 0.635. The number of sulfonamides is 1. The van der Waals surface area contributed by atoms with Gasteiger partial charge in [0.05, 0.1) is 12.7 Å². The molecular formula is C35H52N2O5S. The number of benzene rings is 2. The third kappa shape index (κ3) is 9.82. The molecule has 0 heterocycles. The van der Waals surface area contributed by atoms with Crippen LogP contribution in [0, 0.1) is 11.3 Å². The van der Waals surface area contributed by atoms with Crippen molar-refractivity contribution in [2.45, 2.75) is 117 Å². The van der Waals surface area contributed by atoms with Gasteiger partial charge in [-0.1, -0.05) is 90.8 Å². The van der Waals surface area contributed by atoms with Crippen LogP contribution in [0.5, 0.6) is 5.75 Å². The summed E-state index contributed by atoms with van der Waals surface area (Å²) in [5.41, 5.74) is 3.98. The van der Waals surface area contributed by atoms with Crippen LogP contribution in [0.15, 0.2) is 42.5 Å². The second kappa shape index (κ2) is 15.2. The van der Waals surface area contributed by atoms with Crippen molar-refractivity contribution in [1.82, 2.24) is 10.0 Å². The molecule has 0 spiro atoms. The Labute approximate surface area is 259 Å². The molecule has 8 heteroatoms. The first-order chi connectivity index (χ1) is 20.3. The summed E-state index contributed by atoms with van der Waals surface area (Å²) in [4.78, 5) is 25.6. The minimum atomic E-state index is -3.67. The van der Waals surface area contributed by atoms with Gasteiger partial charge in [-0.3, -0.25) is 14.3 Å². The largest absolute Gasteiger partial charge is 0.490 e. The normalized spacial score (nSPS) is 19.4. The van der Waals surface area contributed by atoms with Gasteiger partial charge < -0.3 is 10.1 Å². The van der Waals surface area contributed by atoms with Crippen LogP contribution in [0.2, 0.25) is 0 Å². The topological polar surface area (TPSA) is 102 Å². The van der Waals surface area contributed by atoms with E-state index in [1.807, 2.05) is 51.1 Å². The van der Waals surface area contributed by atoms with Gasteiger partial charge in [0.15, 0.2) is 0 Å². The van der Waals surface area contributed by atoms with Crippen LogP contribution in [0.4, 0.5) is 0 Å². The number of ether oxygens (including phenoxy) is 1. The molecule has 2 aliphatic carbocycles. The molecule has 238 valence electrons. The lowest BCUT2D eigenvalue weighted by atomic mass is 9.76. The lowest BCUT2D eigenvalue weighted by molar-refractivity contribution is -0.126. The SMILES string of the molecule is CC.CCC(C)(C)C[C@H](C)C(=O)N[C@@H]1CC[C@@H](Oc2cccc(CC(=O)NS(C)(=O)=O)c2-c2ccccc2C2CCC2)C1. The van der Waals surface area contributed by atoms with E-state index in [-0.39, 0.29) is 35.8 Å². The lowest BCUT2D eigenvalue weighted by Gasteiger charge is -2.29. The monoisotopic (exact) mass is 612 g/mol. The van der Waals surface area contributed by atoms with Crippen LogP contribution < -0.4 is 14.8 Å². The molecule has 43 heavy (non-hydrogen) atoms. The van der Waals surface area contributed by atoms with Gasteiger partial charge in [-0.25, -0.2) is 8.42 Å². The van der Waals surface area contributed by atoms with Crippen LogP contribution in [-0.4, -0.2) is 38.6 Å². The minimum Gasteiger partial charge on any atom is -0.490 e. The Morgan fingerprint density at radius 3 is 2.35 bits per heavy atom. The summed E-state index contributed by atoms with van der Waals surface area (Å²) in [7, 11) is -3.67. The molecule has 0 bridgehead atoms.